The maximum atomic E-state index is 12.5. The minimum absolute atomic E-state index is 0. The maximum absolute atomic E-state index is 12.5. The predicted octanol–water partition coefficient (Wildman–Crippen LogP) is 1.51. The molecule has 1 amide bonds. The highest BCUT2D eigenvalue weighted by molar-refractivity contribution is 14.0. The first kappa shape index (κ1) is 25.9. The van der Waals surface area contributed by atoms with Crippen molar-refractivity contribution < 1.29 is 17.9 Å². The Bertz CT molecular complexity index is 821. The second-order valence-electron chi connectivity index (χ2n) is 7.72. The lowest BCUT2D eigenvalue weighted by Crippen LogP contribution is -2.55. The van der Waals surface area contributed by atoms with Crippen LogP contribution in [0.15, 0.2) is 35.3 Å². The Balaban J connectivity index is 0.00000341. The number of amides is 1. The van der Waals surface area contributed by atoms with Gasteiger partial charge in [-0.1, -0.05) is 30.3 Å². The summed E-state index contributed by atoms with van der Waals surface area (Å²) in [7, 11) is -1.42. The predicted molar refractivity (Wildman–Crippen MR) is 132 cm³/mol. The van der Waals surface area contributed by atoms with Gasteiger partial charge < -0.3 is 19.9 Å². The van der Waals surface area contributed by atoms with Crippen LogP contribution in [0.5, 0.6) is 0 Å². The number of nitrogens with one attached hydrogen (secondary N) is 1. The van der Waals surface area contributed by atoms with Gasteiger partial charge in [0.25, 0.3) is 5.91 Å². The molecule has 2 aliphatic heterocycles. The van der Waals surface area contributed by atoms with Crippen LogP contribution in [-0.4, -0.2) is 88.3 Å². The fourth-order valence-corrected chi connectivity index (χ4v) is 5.27. The van der Waals surface area contributed by atoms with Crippen LogP contribution in [0.1, 0.15) is 24.8 Å². The number of carbonyl (C=O) groups excluding carboxylic acids is 1. The van der Waals surface area contributed by atoms with Crippen molar-refractivity contribution in [3.8, 4) is 0 Å². The molecule has 8 nitrogen and oxygen atoms in total. The summed E-state index contributed by atoms with van der Waals surface area (Å²) in [6.45, 7) is 3.90. The largest absolute Gasteiger partial charge is 0.368 e. The minimum atomic E-state index is -3.14. The summed E-state index contributed by atoms with van der Waals surface area (Å²) < 4.78 is 30.1. The van der Waals surface area contributed by atoms with Gasteiger partial charge in [0.05, 0.1) is 11.5 Å². The van der Waals surface area contributed by atoms with Crippen LogP contribution in [0, 0.1) is 0 Å². The number of hydrogen-bond donors (Lipinski definition) is 1. The Kier molecular flexibility index (Phi) is 10.5. The van der Waals surface area contributed by atoms with Gasteiger partial charge in [-0.3, -0.25) is 9.79 Å². The lowest BCUT2D eigenvalue weighted by Gasteiger charge is -2.37. The van der Waals surface area contributed by atoms with E-state index in [0.717, 1.165) is 24.4 Å². The Morgan fingerprint density at radius 3 is 2.45 bits per heavy atom. The van der Waals surface area contributed by atoms with Crippen molar-refractivity contribution in [2.24, 2.45) is 4.99 Å². The van der Waals surface area contributed by atoms with Gasteiger partial charge in [-0.15, -0.1) is 24.0 Å². The highest BCUT2D eigenvalue weighted by Crippen LogP contribution is 2.16. The summed E-state index contributed by atoms with van der Waals surface area (Å²) in [5, 5.41) is 3.26. The van der Waals surface area contributed by atoms with E-state index in [1.54, 1.807) is 7.05 Å². The molecule has 1 aromatic carbocycles. The van der Waals surface area contributed by atoms with Crippen LogP contribution in [-0.2, 0) is 25.1 Å². The van der Waals surface area contributed by atoms with Crippen molar-refractivity contribution in [2.45, 2.75) is 31.1 Å². The highest BCUT2D eigenvalue weighted by Gasteiger charge is 2.30. The van der Waals surface area contributed by atoms with Gasteiger partial charge in [-0.25, -0.2) is 8.42 Å². The number of carbonyl (C=O) groups is 1. The number of aliphatic imine (C=N–C) groups is 1. The number of hydrogen-bond acceptors (Lipinski definition) is 5. The number of halogens is 1. The first-order valence-corrected chi connectivity index (χ1v) is 12.4. The first-order valence-electron chi connectivity index (χ1n) is 10.6. The number of benzene rings is 1. The van der Waals surface area contributed by atoms with Crippen LogP contribution in [0.25, 0.3) is 0 Å². The lowest BCUT2D eigenvalue weighted by atomic mass is 10.2. The molecule has 2 aliphatic rings. The van der Waals surface area contributed by atoms with E-state index in [1.807, 2.05) is 35.2 Å². The molecule has 10 heteroatoms. The van der Waals surface area contributed by atoms with E-state index in [1.165, 1.54) is 0 Å². The molecule has 0 bridgehead atoms. The topological polar surface area (TPSA) is 91.3 Å². The highest BCUT2D eigenvalue weighted by atomic mass is 127. The normalized spacial score (nSPS) is 19.8. The third kappa shape index (κ3) is 7.90. The van der Waals surface area contributed by atoms with Gasteiger partial charge in [0.15, 0.2) is 15.8 Å². The summed E-state index contributed by atoms with van der Waals surface area (Å²) in [5.74, 6) is 1.05. The number of nitrogens with zero attached hydrogens (tertiary/aromatic N) is 3. The number of rotatable bonds is 7. The molecular formula is C21H33IN4O4S. The number of guanidine groups is 1. The van der Waals surface area contributed by atoms with E-state index in [2.05, 4.69) is 15.2 Å². The average Bonchev–Trinajstić information content (AvgIpc) is 3.29. The number of sulfone groups is 1. The molecule has 2 heterocycles. The van der Waals surface area contributed by atoms with Crippen LogP contribution in [0.4, 0.5) is 0 Å². The van der Waals surface area contributed by atoms with E-state index in [-0.39, 0.29) is 47.5 Å². The van der Waals surface area contributed by atoms with Gasteiger partial charge in [0.1, 0.15) is 6.10 Å². The van der Waals surface area contributed by atoms with Gasteiger partial charge >= 0.3 is 0 Å². The molecule has 0 spiro atoms. The quantitative estimate of drug-likeness (QED) is 0.234. The Morgan fingerprint density at radius 2 is 1.84 bits per heavy atom. The molecule has 174 valence electrons. The van der Waals surface area contributed by atoms with E-state index < -0.39 is 9.84 Å². The second-order valence-corrected chi connectivity index (χ2v) is 9.90. The van der Waals surface area contributed by atoms with Gasteiger partial charge in [0.2, 0.25) is 0 Å². The van der Waals surface area contributed by atoms with Crippen LogP contribution in [0.2, 0.25) is 0 Å². The summed E-state index contributed by atoms with van der Waals surface area (Å²) in [4.78, 5) is 20.8. The molecule has 1 aromatic rings. The Labute approximate surface area is 202 Å². The molecular weight excluding hydrogens is 531 g/mol. The fourth-order valence-electron chi connectivity index (χ4n) is 3.84. The molecule has 31 heavy (non-hydrogen) atoms. The number of piperazine rings is 1. The zero-order valence-electron chi connectivity index (χ0n) is 18.0. The molecule has 0 saturated carbocycles. The van der Waals surface area contributed by atoms with Crippen molar-refractivity contribution in [3.05, 3.63) is 35.9 Å². The molecule has 1 unspecified atom stereocenters. The molecule has 1 atom stereocenters. The van der Waals surface area contributed by atoms with E-state index in [4.69, 9.17) is 4.74 Å². The summed E-state index contributed by atoms with van der Waals surface area (Å²) >= 11 is 0. The number of ether oxygens (including phenoxy) is 1. The third-order valence-electron chi connectivity index (χ3n) is 5.45. The molecule has 0 radical (unpaired) electrons. The van der Waals surface area contributed by atoms with Gasteiger partial charge in [0, 0.05) is 46.4 Å². The molecule has 0 aromatic heterocycles. The first-order chi connectivity index (χ1) is 14.5. The van der Waals surface area contributed by atoms with Gasteiger partial charge in [-0.05, 0) is 24.8 Å². The van der Waals surface area contributed by atoms with Crippen molar-refractivity contribution >= 4 is 45.7 Å². The van der Waals surface area contributed by atoms with Crippen molar-refractivity contribution in [1.29, 1.82) is 0 Å². The maximum Gasteiger partial charge on any atom is 0.251 e. The Hall–Kier alpha value is -1.40. The minimum Gasteiger partial charge on any atom is -0.368 e. The van der Waals surface area contributed by atoms with Gasteiger partial charge in [-0.2, -0.15) is 0 Å². The zero-order chi connectivity index (χ0) is 21.4. The van der Waals surface area contributed by atoms with E-state index in [0.29, 0.717) is 45.8 Å². The molecule has 3 rings (SSSR count). The third-order valence-corrected chi connectivity index (χ3v) is 7.14. The summed E-state index contributed by atoms with van der Waals surface area (Å²) in [6.07, 6.45) is 2.02. The standard InChI is InChI=1S/C21H32N4O4S.HI/c1-22-21(23-10-6-16-30(27,28)17-18-7-3-2-4-8-18)25-13-11-24(12-14-25)20(26)19-9-5-15-29-19;/h2-4,7-8,19H,5-6,9-17H2,1H3,(H,22,23);1H. The molecule has 0 aliphatic carbocycles. The van der Waals surface area contributed by atoms with Crippen molar-refractivity contribution in [1.82, 2.24) is 15.1 Å². The average molecular weight is 564 g/mol. The van der Waals surface area contributed by atoms with E-state index >= 15 is 0 Å². The van der Waals surface area contributed by atoms with Crippen LogP contribution < -0.4 is 5.32 Å². The van der Waals surface area contributed by atoms with E-state index in [9.17, 15) is 13.2 Å². The molecule has 2 fully saturated rings. The van der Waals surface area contributed by atoms with Crippen LogP contribution in [0.3, 0.4) is 0 Å². The van der Waals surface area contributed by atoms with Crippen molar-refractivity contribution in [2.75, 3.05) is 52.1 Å². The monoisotopic (exact) mass is 564 g/mol. The fraction of sp³-hybridized carbons (Fsp3) is 0.619. The lowest BCUT2D eigenvalue weighted by molar-refractivity contribution is -0.142. The molecule has 2 saturated heterocycles. The Morgan fingerprint density at radius 1 is 1.16 bits per heavy atom. The SMILES string of the molecule is CN=C(NCCCS(=O)(=O)Cc1ccccc1)N1CCN(C(=O)C2CCCO2)CC1.I. The zero-order valence-corrected chi connectivity index (χ0v) is 21.2. The molecule has 1 N–H and O–H groups in total. The second kappa shape index (κ2) is 12.6. The van der Waals surface area contributed by atoms with Crippen LogP contribution >= 0.6 is 24.0 Å². The summed E-state index contributed by atoms with van der Waals surface area (Å²) in [6, 6.07) is 9.25. The smallest absolute Gasteiger partial charge is 0.251 e. The van der Waals surface area contributed by atoms with Crippen molar-refractivity contribution in [3.63, 3.8) is 0 Å². The summed E-state index contributed by atoms with van der Waals surface area (Å²) in [5.41, 5.74) is 0.816.